The van der Waals surface area contributed by atoms with E-state index in [0.717, 1.165) is 16.7 Å². The number of carbonyl (C=O) groups excluding carboxylic acids is 2. The van der Waals surface area contributed by atoms with Crippen LogP contribution in [0, 0.1) is 6.92 Å². The van der Waals surface area contributed by atoms with E-state index in [-0.39, 0.29) is 11.3 Å². The molecular formula is C22H19NO4. The standard InChI is InChI=1S/C22H19NO4/c1-14-9-11-15(12-10-14)17-13-18(16-7-5-4-6-8-16)23-20(22(25)27-3)19(17)21(24)26-2/h4-13H,1-3H3. The molecule has 1 aromatic heterocycles. The van der Waals surface area contributed by atoms with Crippen molar-refractivity contribution in [3.05, 3.63) is 77.5 Å². The SMILES string of the molecule is COC(=O)c1nc(-c2ccccc2)cc(-c2ccc(C)cc2)c1C(=O)OC. The van der Waals surface area contributed by atoms with E-state index in [1.807, 2.05) is 61.5 Å². The van der Waals surface area contributed by atoms with Crippen LogP contribution in [0.15, 0.2) is 60.7 Å². The number of pyridine rings is 1. The highest BCUT2D eigenvalue weighted by Gasteiger charge is 2.26. The first-order valence-electron chi connectivity index (χ1n) is 8.39. The molecule has 5 heteroatoms. The van der Waals surface area contributed by atoms with E-state index in [0.29, 0.717) is 11.3 Å². The summed E-state index contributed by atoms with van der Waals surface area (Å²) in [5.41, 5.74) is 3.85. The summed E-state index contributed by atoms with van der Waals surface area (Å²) in [7, 11) is 2.53. The smallest absolute Gasteiger partial charge is 0.357 e. The zero-order chi connectivity index (χ0) is 19.4. The highest BCUT2D eigenvalue weighted by atomic mass is 16.5. The second kappa shape index (κ2) is 7.83. The van der Waals surface area contributed by atoms with Gasteiger partial charge in [0.2, 0.25) is 0 Å². The van der Waals surface area contributed by atoms with Crippen LogP contribution >= 0.6 is 0 Å². The van der Waals surface area contributed by atoms with Crippen LogP contribution in [0.25, 0.3) is 22.4 Å². The second-order valence-corrected chi connectivity index (χ2v) is 5.99. The zero-order valence-electron chi connectivity index (χ0n) is 15.4. The molecule has 0 amide bonds. The molecule has 0 spiro atoms. The summed E-state index contributed by atoms with van der Waals surface area (Å²) in [4.78, 5) is 29.3. The average Bonchev–Trinajstić information content (AvgIpc) is 2.72. The van der Waals surface area contributed by atoms with Crippen LogP contribution in [-0.4, -0.2) is 31.1 Å². The molecule has 0 radical (unpaired) electrons. The maximum Gasteiger partial charge on any atom is 0.357 e. The number of aromatic nitrogens is 1. The monoisotopic (exact) mass is 361 g/mol. The predicted octanol–water partition coefficient (Wildman–Crippen LogP) is 4.30. The summed E-state index contributed by atoms with van der Waals surface area (Å²) in [5, 5.41) is 0. The molecule has 27 heavy (non-hydrogen) atoms. The number of carbonyl (C=O) groups is 2. The molecule has 2 aromatic carbocycles. The van der Waals surface area contributed by atoms with Crippen molar-refractivity contribution < 1.29 is 19.1 Å². The van der Waals surface area contributed by atoms with Crippen molar-refractivity contribution >= 4 is 11.9 Å². The molecule has 0 aliphatic rings. The van der Waals surface area contributed by atoms with Gasteiger partial charge in [0.05, 0.1) is 19.9 Å². The Morgan fingerprint density at radius 3 is 2.04 bits per heavy atom. The maximum atomic E-state index is 12.5. The van der Waals surface area contributed by atoms with E-state index >= 15 is 0 Å². The van der Waals surface area contributed by atoms with Crippen molar-refractivity contribution in [2.75, 3.05) is 14.2 Å². The van der Waals surface area contributed by atoms with Gasteiger partial charge in [0.1, 0.15) is 5.56 Å². The molecule has 5 nitrogen and oxygen atoms in total. The van der Waals surface area contributed by atoms with Gasteiger partial charge in [-0.15, -0.1) is 0 Å². The molecule has 3 aromatic rings. The third-order valence-electron chi connectivity index (χ3n) is 4.22. The minimum absolute atomic E-state index is 0.0683. The molecule has 0 unspecified atom stereocenters. The molecule has 0 saturated carbocycles. The molecule has 0 fully saturated rings. The average molecular weight is 361 g/mol. The Morgan fingerprint density at radius 1 is 0.815 bits per heavy atom. The molecule has 0 aliphatic heterocycles. The fourth-order valence-electron chi connectivity index (χ4n) is 2.82. The van der Waals surface area contributed by atoms with Gasteiger partial charge in [-0.2, -0.15) is 0 Å². The molecular weight excluding hydrogens is 342 g/mol. The molecule has 0 aliphatic carbocycles. The van der Waals surface area contributed by atoms with Gasteiger partial charge in [0.25, 0.3) is 0 Å². The maximum absolute atomic E-state index is 12.5. The molecule has 0 N–H and O–H groups in total. The summed E-state index contributed by atoms with van der Waals surface area (Å²) < 4.78 is 9.78. The van der Waals surface area contributed by atoms with Gasteiger partial charge in [0, 0.05) is 11.1 Å². The van der Waals surface area contributed by atoms with E-state index in [1.165, 1.54) is 14.2 Å². The van der Waals surface area contributed by atoms with Crippen molar-refractivity contribution in [2.45, 2.75) is 6.92 Å². The third kappa shape index (κ3) is 3.72. The molecule has 0 atom stereocenters. The van der Waals surface area contributed by atoms with Gasteiger partial charge in [-0.05, 0) is 18.6 Å². The fraction of sp³-hybridized carbons (Fsp3) is 0.136. The molecule has 3 rings (SSSR count). The Kier molecular flexibility index (Phi) is 5.31. The lowest BCUT2D eigenvalue weighted by atomic mass is 9.95. The van der Waals surface area contributed by atoms with Crippen molar-refractivity contribution in [3.8, 4) is 22.4 Å². The summed E-state index contributed by atoms with van der Waals surface area (Å²) in [6, 6.07) is 18.9. The summed E-state index contributed by atoms with van der Waals surface area (Å²) in [6.45, 7) is 1.98. The lowest BCUT2D eigenvalue weighted by Gasteiger charge is -2.14. The van der Waals surface area contributed by atoms with Gasteiger partial charge < -0.3 is 9.47 Å². The number of hydrogen-bond donors (Lipinski definition) is 0. The Morgan fingerprint density at radius 2 is 1.44 bits per heavy atom. The quantitative estimate of drug-likeness (QED) is 0.648. The number of hydrogen-bond acceptors (Lipinski definition) is 5. The lowest BCUT2D eigenvalue weighted by Crippen LogP contribution is -2.16. The van der Waals surface area contributed by atoms with Crippen molar-refractivity contribution in [3.63, 3.8) is 0 Å². The number of benzene rings is 2. The van der Waals surface area contributed by atoms with Crippen LogP contribution in [0.3, 0.4) is 0 Å². The van der Waals surface area contributed by atoms with Crippen LogP contribution < -0.4 is 0 Å². The number of rotatable bonds is 4. The highest BCUT2D eigenvalue weighted by molar-refractivity contribution is 6.07. The second-order valence-electron chi connectivity index (χ2n) is 5.99. The van der Waals surface area contributed by atoms with Crippen LogP contribution in [0.2, 0.25) is 0 Å². The fourth-order valence-corrected chi connectivity index (χ4v) is 2.82. The van der Waals surface area contributed by atoms with Gasteiger partial charge in [-0.3, -0.25) is 0 Å². The first-order valence-corrected chi connectivity index (χ1v) is 8.39. The molecule has 136 valence electrons. The summed E-state index contributed by atoms with van der Waals surface area (Å²) in [5.74, 6) is -1.33. The van der Waals surface area contributed by atoms with E-state index in [4.69, 9.17) is 9.47 Å². The van der Waals surface area contributed by atoms with Crippen molar-refractivity contribution in [1.82, 2.24) is 4.98 Å². The van der Waals surface area contributed by atoms with Gasteiger partial charge in [0.15, 0.2) is 5.69 Å². The molecule has 0 saturated heterocycles. The minimum Gasteiger partial charge on any atom is -0.465 e. The van der Waals surface area contributed by atoms with Gasteiger partial charge in [-0.25, -0.2) is 14.6 Å². The number of aryl methyl sites for hydroxylation is 1. The van der Waals surface area contributed by atoms with Crippen LogP contribution in [0.4, 0.5) is 0 Å². The van der Waals surface area contributed by atoms with E-state index in [9.17, 15) is 9.59 Å². The number of nitrogens with zero attached hydrogens (tertiary/aromatic N) is 1. The van der Waals surface area contributed by atoms with Crippen molar-refractivity contribution in [1.29, 1.82) is 0 Å². The highest BCUT2D eigenvalue weighted by Crippen LogP contribution is 2.31. The number of ether oxygens (including phenoxy) is 2. The number of esters is 2. The van der Waals surface area contributed by atoms with Crippen LogP contribution in [0.1, 0.15) is 26.4 Å². The molecule has 0 bridgehead atoms. The Bertz CT molecular complexity index is 979. The Balaban J connectivity index is 2.34. The van der Waals surface area contributed by atoms with Crippen molar-refractivity contribution in [2.24, 2.45) is 0 Å². The Labute approximate surface area is 157 Å². The lowest BCUT2D eigenvalue weighted by molar-refractivity contribution is 0.0550. The van der Waals surface area contributed by atoms with E-state index < -0.39 is 11.9 Å². The predicted molar refractivity (Wildman–Crippen MR) is 103 cm³/mol. The number of methoxy groups -OCH3 is 2. The minimum atomic E-state index is -0.693. The summed E-state index contributed by atoms with van der Waals surface area (Å²) in [6.07, 6.45) is 0. The van der Waals surface area contributed by atoms with Gasteiger partial charge >= 0.3 is 11.9 Å². The van der Waals surface area contributed by atoms with Gasteiger partial charge in [-0.1, -0.05) is 60.2 Å². The van der Waals surface area contributed by atoms with E-state index in [2.05, 4.69) is 4.98 Å². The zero-order valence-corrected chi connectivity index (χ0v) is 15.4. The van der Waals surface area contributed by atoms with Crippen LogP contribution in [-0.2, 0) is 9.47 Å². The Hall–Kier alpha value is -3.47. The topological polar surface area (TPSA) is 65.5 Å². The van der Waals surface area contributed by atoms with Crippen LogP contribution in [0.5, 0.6) is 0 Å². The first-order chi connectivity index (χ1) is 13.0. The van der Waals surface area contributed by atoms with E-state index in [1.54, 1.807) is 6.07 Å². The largest absolute Gasteiger partial charge is 0.465 e. The molecule has 1 heterocycles. The first kappa shape index (κ1) is 18.3. The summed E-state index contributed by atoms with van der Waals surface area (Å²) >= 11 is 0. The normalized spacial score (nSPS) is 10.3. The third-order valence-corrected chi connectivity index (χ3v) is 4.22.